The molecule has 0 fully saturated rings. The van der Waals surface area contributed by atoms with Crippen molar-refractivity contribution in [3.63, 3.8) is 0 Å². The predicted molar refractivity (Wildman–Crippen MR) is 83.9 cm³/mol. The summed E-state index contributed by atoms with van der Waals surface area (Å²) in [4.78, 5) is 29.1. The van der Waals surface area contributed by atoms with Crippen molar-refractivity contribution in [2.24, 2.45) is 4.99 Å². The van der Waals surface area contributed by atoms with E-state index in [0.717, 1.165) is 12.8 Å². The van der Waals surface area contributed by atoms with Gasteiger partial charge in [-0.25, -0.2) is 9.59 Å². The van der Waals surface area contributed by atoms with Gasteiger partial charge in [0.2, 0.25) is 0 Å². The maximum atomic E-state index is 12.5. The number of aliphatic hydroxyl groups excluding tert-OH is 2. The number of nitrogens with zero attached hydrogens (tertiary/aromatic N) is 2. The fourth-order valence-corrected chi connectivity index (χ4v) is 2.49. The van der Waals surface area contributed by atoms with Crippen molar-refractivity contribution in [2.45, 2.75) is 51.4 Å². The SMILES string of the molecule is O=C(CCCCCO)[N+]1(C(=O)CCCCCO)C=CN=CC1. The summed E-state index contributed by atoms with van der Waals surface area (Å²) in [6.45, 7) is 0.545. The Kier molecular flexibility index (Phi) is 8.81. The molecule has 1 rings (SSSR count). The van der Waals surface area contributed by atoms with Gasteiger partial charge < -0.3 is 10.2 Å². The van der Waals surface area contributed by atoms with Crippen molar-refractivity contribution in [3.05, 3.63) is 12.4 Å². The van der Waals surface area contributed by atoms with Gasteiger partial charge in [0.1, 0.15) is 12.7 Å². The maximum Gasteiger partial charge on any atom is 0.326 e. The van der Waals surface area contributed by atoms with Crippen molar-refractivity contribution >= 4 is 18.0 Å². The Balaban J connectivity index is 2.61. The first-order valence-electron chi connectivity index (χ1n) is 8.03. The minimum absolute atomic E-state index is 0.104. The van der Waals surface area contributed by atoms with E-state index in [0.29, 0.717) is 38.5 Å². The predicted octanol–water partition coefficient (Wildman–Crippen LogP) is 1.52. The number of amides is 2. The molecular formula is C16H27N2O4+. The van der Waals surface area contributed by atoms with Crippen LogP contribution in [0.2, 0.25) is 0 Å². The van der Waals surface area contributed by atoms with Crippen LogP contribution in [-0.4, -0.2) is 52.5 Å². The number of aliphatic hydroxyl groups is 2. The molecule has 1 heterocycles. The number of carbonyl (C=O) groups excluding carboxylic acids is 2. The smallest absolute Gasteiger partial charge is 0.326 e. The number of carbonyl (C=O) groups is 2. The number of quaternary nitrogens is 1. The van der Waals surface area contributed by atoms with Crippen molar-refractivity contribution < 1.29 is 24.3 Å². The Morgan fingerprint density at radius 1 is 0.909 bits per heavy atom. The van der Waals surface area contributed by atoms with Crippen molar-refractivity contribution in [1.82, 2.24) is 0 Å². The second-order valence-electron chi connectivity index (χ2n) is 5.54. The standard InChI is InChI=1S/C16H27N2O4/c19-13-5-1-3-7-15(21)18(11-9-17-10-12-18)16(22)8-4-2-6-14-20/h9-11,19-20H,1-8,12-14H2/q+1. The van der Waals surface area contributed by atoms with Gasteiger partial charge >= 0.3 is 11.8 Å². The molecule has 0 radical (unpaired) electrons. The minimum atomic E-state index is -0.276. The fraction of sp³-hybridized carbons (Fsp3) is 0.688. The molecular weight excluding hydrogens is 284 g/mol. The Bertz CT molecular complexity index is 394. The lowest BCUT2D eigenvalue weighted by atomic mass is 10.1. The van der Waals surface area contributed by atoms with Gasteiger partial charge in [-0.3, -0.25) is 4.99 Å². The summed E-state index contributed by atoms with van der Waals surface area (Å²) in [6.07, 6.45) is 9.67. The zero-order valence-electron chi connectivity index (χ0n) is 13.1. The summed E-state index contributed by atoms with van der Waals surface area (Å²) >= 11 is 0. The summed E-state index contributed by atoms with van der Waals surface area (Å²) in [7, 11) is 0. The van der Waals surface area contributed by atoms with Crippen LogP contribution in [0.15, 0.2) is 17.4 Å². The summed E-state index contributed by atoms with van der Waals surface area (Å²) in [5, 5.41) is 17.5. The van der Waals surface area contributed by atoms with Crippen LogP contribution in [0.1, 0.15) is 51.4 Å². The molecule has 6 nitrogen and oxygen atoms in total. The maximum absolute atomic E-state index is 12.5. The fourth-order valence-electron chi connectivity index (χ4n) is 2.49. The monoisotopic (exact) mass is 311 g/mol. The number of imide groups is 1. The third kappa shape index (κ3) is 5.44. The molecule has 0 aliphatic carbocycles. The molecule has 0 unspecified atom stereocenters. The normalized spacial score (nSPS) is 15.9. The largest absolute Gasteiger partial charge is 0.396 e. The summed E-state index contributed by atoms with van der Waals surface area (Å²) in [5.41, 5.74) is 0. The van der Waals surface area contributed by atoms with E-state index in [4.69, 9.17) is 10.2 Å². The van der Waals surface area contributed by atoms with E-state index in [1.54, 1.807) is 12.4 Å². The third-order valence-corrected chi connectivity index (χ3v) is 3.87. The van der Waals surface area contributed by atoms with Gasteiger partial charge in [-0.1, -0.05) is 12.8 Å². The first-order chi connectivity index (χ1) is 10.7. The van der Waals surface area contributed by atoms with Crippen LogP contribution in [-0.2, 0) is 9.59 Å². The molecule has 0 spiro atoms. The van der Waals surface area contributed by atoms with Crippen LogP contribution in [0, 0.1) is 0 Å². The highest BCUT2D eigenvalue weighted by atomic mass is 16.3. The lowest BCUT2D eigenvalue weighted by Crippen LogP contribution is -2.54. The summed E-state index contributed by atoms with van der Waals surface area (Å²) in [5.74, 6) is -0.208. The highest BCUT2D eigenvalue weighted by Gasteiger charge is 2.41. The Morgan fingerprint density at radius 3 is 1.86 bits per heavy atom. The lowest BCUT2D eigenvalue weighted by Gasteiger charge is -2.29. The van der Waals surface area contributed by atoms with Crippen molar-refractivity contribution in [1.29, 1.82) is 0 Å². The Morgan fingerprint density at radius 2 is 1.45 bits per heavy atom. The molecule has 0 aromatic heterocycles. The molecule has 0 saturated heterocycles. The van der Waals surface area contributed by atoms with Crippen LogP contribution in [0.3, 0.4) is 0 Å². The number of rotatable bonds is 10. The van der Waals surface area contributed by atoms with E-state index in [1.807, 2.05) is 0 Å². The van der Waals surface area contributed by atoms with Crippen LogP contribution < -0.4 is 0 Å². The average molecular weight is 311 g/mol. The van der Waals surface area contributed by atoms with Crippen LogP contribution in [0.5, 0.6) is 0 Å². The third-order valence-electron chi connectivity index (χ3n) is 3.87. The first kappa shape index (κ1) is 18.7. The average Bonchev–Trinajstić information content (AvgIpc) is 2.55. The molecule has 2 amide bonds. The molecule has 124 valence electrons. The topological polar surface area (TPSA) is 87.0 Å². The second-order valence-corrected chi connectivity index (χ2v) is 5.54. The molecule has 6 heteroatoms. The minimum Gasteiger partial charge on any atom is -0.396 e. The first-order valence-corrected chi connectivity index (χ1v) is 8.03. The summed E-state index contributed by atoms with van der Waals surface area (Å²) < 4.78 is -0.276. The Hall–Kier alpha value is -1.37. The van der Waals surface area contributed by atoms with Crippen molar-refractivity contribution in [2.75, 3.05) is 19.8 Å². The second kappa shape index (κ2) is 10.4. The number of unbranched alkanes of at least 4 members (excludes halogenated alkanes) is 4. The molecule has 1 aliphatic heterocycles. The van der Waals surface area contributed by atoms with Crippen LogP contribution in [0.4, 0.5) is 0 Å². The molecule has 0 aromatic rings. The van der Waals surface area contributed by atoms with Gasteiger partial charge in [0.05, 0.1) is 25.3 Å². The Labute approximate surface area is 131 Å². The van der Waals surface area contributed by atoms with E-state index in [-0.39, 0.29) is 36.1 Å². The van der Waals surface area contributed by atoms with Gasteiger partial charge in [0.15, 0.2) is 0 Å². The molecule has 22 heavy (non-hydrogen) atoms. The molecule has 0 bridgehead atoms. The van der Waals surface area contributed by atoms with E-state index in [1.165, 1.54) is 6.20 Å². The molecule has 1 aliphatic rings. The van der Waals surface area contributed by atoms with Gasteiger partial charge in [0.25, 0.3) is 0 Å². The van der Waals surface area contributed by atoms with E-state index in [9.17, 15) is 9.59 Å². The summed E-state index contributed by atoms with van der Waals surface area (Å²) in [6, 6.07) is 0. The number of hydrogen-bond acceptors (Lipinski definition) is 5. The molecule has 0 atom stereocenters. The van der Waals surface area contributed by atoms with E-state index < -0.39 is 0 Å². The van der Waals surface area contributed by atoms with E-state index in [2.05, 4.69) is 4.99 Å². The van der Waals surface area contributed by atoms with Gasteiger partial charge in [-0.2, -0.15) is 4.48 Å². The highest BCUT2D eigenvalue weighted by Crippen LogP contribution is 2.20. The number of aliphatic imine (C=N–C) groups is 1. The molecule has 0 aromatic carbocycles. The van der Waals surface area contributed by atoms with Gasteiger partial charge in [-0.15, -0.1) is 0 Å². The van der Waals surface area contributed by atoms with Gasteiger partial charge in [0, 0.05) is 13.2 Å². The van der Waals surface area contributed by atoms with Crippen LogP contribution in [0.25, 0.3) is 0 Å². The molecule has 2 N–H and O–H groups in total. The zero-order chi connectivity index (χ0) is 16.3. The van der Waals surface area contributed by atoms with E-state index >= 15 is 0 Å². The van der Waals surface area contributed by atoms with Crippen LogP contribution >= 0.6 is 0 Å². The highest BCUT2D eigenvalue weighted by molar-refractivity contribution is 5.87. The molecule has 0 saturated carbocycles. The zero-order valence-corrected chi connectivity index (χ0v) is 13.1. The lowest BCUT2D eigenvalue weighted by molar-refractivity contribution is -0.715. The quantitative estimate of drug-likeness (QED) is 0.473. The van der Waals surface area contributed by atoms with Gasteiger partial charge in [-0.05, 0) is 25.7 Å². The van der Waals surface area contributed by atoms with Crippen molar-refractivity contribution in [3.8, 4) is 0 Å². The number of hydrogen-bond donors (Lipinski definition) is 2.